The van der Waals surface area contributed by atoms with E-state index in [4.69, 9.17) is 9.47 Å². The predicted molar refractivity (Wildman–Crippen MR) is 89.9 cm³/mol. The van der Waals surface area contributed by atoms with Crippen molar-refractivity contribution < 1.29 is 19.1 Å². The molecule has 1 amide bonds. The molecule has 0 spiro atoms. The molecule has 0 saturated carbocycles. The Balaban J connectivity index is 2.62. The molecule has 1 rings (SSSR count). The van der Waals surface area contributed by atoms with Crippen molar-refractivity contribution in [2.75, 3.05) is 6.61 Å². The highest BCUT2D eigenvalue weighted by molar-refractivity contribution is 5.87. The van der Waals surface area contributed by atoms with Gasteiger partial charge in [-0.1, -0.05) is 24.3 Å². The van der Waals surface area contributed by atoms with Crippen LogP contribution in [0.15, 0.2) is 30.3 Å². The highest BCUT2D eigenvalue weighted by Crippen LogP contribution is 2.15. The van der Waals surface area contributed by atoms with Gasteiger partial charge in [0.05, 0.1) is 12.6 Å². The lowest BCUT2D eigenvalue weighted by Crippen LogP contribution is -2.34. The average Bonchev–Trinajstić information content (AvgIpc) is 2.44. The van der Waals surface area contributed by atoms with Gasteiger partial charge in [-0.15, -0.1) is 0 Å². The van der Waals surface area contributed by atoms with Gasteiger partial charge in [0.25, 0.3) is 0 Å². The van der Waals surface area contributed by atoms with Gasteiger partial charge in [0, 0.05) is 6.08 Å². The minimum Gasteiger partial charge on any atom is -0.463 e. The van der Waals surface area contributed by atoms with Crippen LogP contribution in [0.3, 0.4) is 0 Å². The summed E-state index contributed by atoms with van der Waals surface area (Å²) in [6, 6.07) is 7.36. The number of hydrogen-bond donors (Lipinski definition) is 1. The molecule has 1 unspecified atom stereocenters. The third-order valence-corrected chi connectivity index (χ3v) is 2.87. The third kappa shape index (κ3) is 7.49. The van der Waals surface area contributed by atoms with E-state index >= 15 is 0 Å². The van der Waals surface area contributed by atoms with Gasteiger partial charge in [-0.05, 0) is 51.8 Å². The van der Waals surface area contributed by atoms with Crippen molar-refractivity contribution >= 4 is 18.1 Å². The number of rotatable bonds is 5. The molecule has 0 heterocycles. The minimum atomic E-state index is -0.522. The van der Waals surface area contributed by atoms with Crippen LogP contribution in [0.1, 0.15) is 51.8 Å². The Morgan fingerprint density at radius 3 is 2.35 bits per heavy atom. The molecule has 5 heteroatoms. The van der Waals surface area contributed by atoms with E-state index in [2.05, 4.69) is 5.32 Å². The zero-order valence-electron chi connectivity index (χ0n) is 14.4. The number of benzene rings is 1. The van der Waals surface area contributed by atoms with Gasteiger partial charge in [0.15, 0.2) is 0 Å². The van der Waals surface area contributed by atoms with Crippen LogP contribution in [0.4, 0.5) is 4.79 Å². The number of ether oxygens (including phenoxy) is 2. The second-order valence-electron chi connectivity index (χ2n) is 6.12. The van der Waals surface area contributed by atoms with Gasteiger partial charge in [-0.3, -0.25) is 0 Å². The molecule has 0 aromatic heterocycles. The van der Waals surface area contributed by atoms with Crippen LogP contribution in [0.25, 0.3) is 6.08 Å². The van der Waals surface area contributed by atoms with E-state index in [1.165, 1.54) is 6.08 Å². The van der Waals surface area contributed by atoms with Gasteiger partial charge >= 0.3 is 12.1 Å². The molecule has 1 aromatic carbocycles. The molecule has 126 valence electrons. The van der Waals surface area contributed by atoms with Crippen LogP contribution in [0.2, 0.25) is 0 Å². The zero-order valence-corrected chi connectivity index (χ0v) is 14.4. The molecule has 0 bridgehead atoms. The Labute approximate surface area is 137 Å². The maximum absolute atomic E-state index is 11.8. The highest BCUT2D eigenvalue weighted by atomic mass is 16.6. The number of esters is 1. The largest absolute Gasteiger partial charge is 0.463 e. The van der Waals surface area contributed by atoms with Crippen LogP contribution in [-0.4, -0.2) is 24.3 Å². The lowest BCUT2D eigenvalue weighted by atomic mass is 10.1. The second-order valence-corrected chi connectivity index (χ2v) is 6.12. The Hall–Kier alpha value is -2.30. The van der Waals surface area contributed by atoms with Crippen molar-refractivity contribution in [3.8, 4) is 0 Å². The van der Waals surface area contributed by atoms with Gasteiger partial charge in [0.2, 0.25) is 0 Å². The lowest BCUT2D eigenvalue weighted by Gasteiger charge is -2.22. The number of alkyl carbamates (subject to hydrolysis) is 1. The number of hydrogen-bond acceptors (Lipinski definition) is 4. The van der Waals surface area contributed by atoms with Crippen LogP contribution in [0, 0.1) is 0 Å². The topological polar surface area (TPSA) is 64.6 Å². The normalized spacial score (nSPS) is 12.7. The Bertz CT molecular complexity index is 555. The summed E-state index contributed by atoms with van der Waals surface area (Å²) in [6.45, 7) is 9.47. The molecule has 0 aliphatic heterocycles. The van der Waals surface area contributed by atoms with E-state index in [0.717, 1.165) is 11.1 Å². The van der Waals surface area contributed by atoms with Crippen molar-refractivity contribution in [2.45, 2.75) is 46.3 Å². The maximum Gasteiger partial charge on any atom is 0.408 e. The van der Waals surface area contributed by atoms with E-state index < -0.39 is 11.7 Å². The number of amides is 1. The number of nitrogens with one attached hydrogen (secondary N) is 1. The summed E-state index contributed by atoms with van der Waals surface area (Å²) >= 11 is 0. The first-order valence-corrected chi connectivity index (χ1v) is 7.65. The van der Waals surface area contributed by atoms with E-state index in [1.807, 2.05) is 52.0 Å². The SMILES string of the molecule is CCOC(=O)C=Cc1ccc(C(C)NC(=O)OC(C)(C)C)cc1. The molecular weight excluding hydrogens is 294 g/mol. The van der Waals surface area contributed by atoms with Crippen LogP contribution in [-0.2, 0) is 14.3 Å². The molecule has 0 fully saturated rings. The van der Waals surface area contributed by atoms with Gasteiger partial charge < -0.3 is 14.8 Å². The first-order chi connectivity index (χ1) is 10.7. The smallest absolute Gasteiger partial charge is 0.408 e. The summed E-state index contributed by atoms with van der Waals surface area (Å²) in [5, 5.41) is 2.79. The zero-order chi connectivity index (χ0) is 17.5. The van der Waals surface area contributed by atoms with Gasteiger partial charge in [-0.2, -0.15) is 0 Å². The number of carbonyl (C=O) groups is 2. The van der Waals surface area contributed by atoms with Crippen molar-refractivity contribution in [2.24, 2.45) is 0 Å². The molecule has 1 aromatic rings. The first kappa shape index (κ1) is 18.7. The van der Waals surface area contributed by atoms with Crippen molar-refractivity contribution in [3.05, 3.63) is 41.5 Å². The van der Waals surface area contributed by atoms with Gasteiger partial charge in [0.1, 0.15) is 5.60 Å². The second kappa shape index (κ2) is 8.36. The fourth-order valence-corrected chi connectivity index (χ4v) is 1.82. The van der Waals surface area contributed by atoms with E-state index in [1.54, 1.807) is 13.0 Å². The molecule has 0 aliphatic rings. The predicted octanol–water partition coefficient (Wildman–Crippen LogP) is 3.85. The molecule has 23 heavy (non-hydrogen) atoms. The first-order valence-electron chi connectivity index (χ1n) is 7.65. The quantitative estimate of drug-likeness (QED) is 0.661. The Morgan fingerprint density at radius 2 is 1.83 bits per heavy atom. The van der Waals surface area contributed by atoms with Gasteiger partial charge in [-0.25, -0.2) is 9.59 Å². The summed E-state index contributed by atoms with van der Waals surface area (Å²) in [5.74, 6) is -0.364. The minimum absolute atomic E-state index is 0.173. The summed E-state index contributed by atoms with van der Waals surface area (Å²) in [7, 11) is 0. The van der Waals surface area contributed by atoms with E-state index in [9.17, 15) is 9.59 Å². The molecule has 0 radical (unpaired) electrons. The van der Waals surface area contributed by atoms with Crippen molar-refractivity contribution in [1.29, 1.82) is 0 Å². The molecule has 5 nitrogen and oxygen atoms in total. The molecule has 0 aliphatic carbocycles. The average molecular weight is 319 g/mol. The van der Waals surface area contributed by atoms with E-state index in [0.29, 0.717) is 6.61 Å². The summed E-state index contributed by atoms with van der Waals surface area (Å²) in [4.78, 5) is 23.0. The van der Waals surface area contributed by atoms with Crippen molar-refractivity contribution in [1.82, 2.24) is 5.32 Å². The molecule has 1 atom stereocenters. The summed E-state index contributed by atoms with van der Waals surface area (Å²) in [5.41, 5.74) is 1.31. The van der Waals surface area contributed by atoms with Crippen LogP contribution in [0.5, 0.6) is 0 Å². The van der Waals surface area contributed by atoms with Crippen LogP contribution >= 0.6 is 0 Å². The summed E-state index contributed by atoms with van der Waals surface area (Å²) in [6.07, 6.45) is 2.63. The Kier molecular flexibility index (Phi) is 6.82. The fourth-order valence-electron chi connectivity index (χ4n) is 1.82. The summed E-state index contributed by atoms with van der Waals surface area (Å²) < 4.78 is 10.1. The monoisotopic (exact) mass is 319 g/mol. The Morgan fingerprint density at radius 1 is 1.22 bits per heavy atom. The molecule has 0 saturated heterocycles. The maximum atomic E-state index is 11.8. The van der Waals surface area contributed by atoms with E-state index in [-0.39, 0.29) is 12.0 Å². The molecule has 1 N–H and O–H groups in total. The molecular formula is C18H25NO4. The third-order valence-electron chi connectivity index (χ3n) is 2.87. The van der Waals surface area contributed by atoms with Crippen LogP contribution < -0.4 is 5.32 Å². The fraction of sp³-hybridized carbons (Fsp3) is 0.444. The number of carbonyl (C=O) groups excluding carboxylic acids is 2. The van der Waals surface area contributed by atoms with Crippen molar-refractivity contribution in [3.63, 3.8) is 0 Å². The standard InChI is InChI=1S/C18H25NO4/c1-6-22-16(20)12-9-14-7-10-15(11-8-14)13(2)19-17(21)23-18(3,4)5/h7-13H,6H2,1-5H3,(H,19,21). The highest BCUT2D eigenvalue weighted by Gasteiger charge is 2.18. The lowest BCUT2D eigenvalue weighted by molar-refractivity contribution is -0.137.